The van der Waals surface area contributed by atoms with Gasteiger partial charge in [0, 0.05) is 0 Å². The molecular weight excluding hydrogens is 976 g/mol. The SMILES string of the molecule is CCCCCCCCCCCCCCc1ccc(S(=O)(=O)OP(c2ccccc2)(c2ccccc2)(c2ccccc2)c2ccccc2)c(CCCCCCCCCCCCCC)c1CCCCCCCCCCCCCC. The van der Waals surface area contributed by atoms with Crippen molar-refractivity contribution in [3.63, 3.8) is 0 Å². The van der Waals surface area contributed by atoms with E-state index >= 15 is 8.42 Å². The molecule has 5 heteroatoms. The number of benzene rings is 5. The first kappa shape index (κ1) is 64.3. The van der Waals surface area contributed by atoms with Crippen molar-refractivity contribution in [2.24, 2.45) is 0 Å². The Kier molecular flexibility index (Phi) is 31.8. The Bertz CT molecular complexity index is 2180. The van der Waals surface area contributed by atoms with Gasteiger partial charge in [-0.3, -0.25) is 0 Å². The molecule has 0 amide bonds. The molecule has 5 aromatic carbocycles. The van der Waals surface area contributed by atoms with E-state index in [2.05, 4.69) is 75.4 Å². The summed E-state index contributed by atoms with van der Waals surface area (Å²) in [6.45, 7) is 2.35. The van der Waals surface area contributed by atoms with E-state index in [1.54, 1.807) is 0 Å². The van der Waals surface area contributed by atoms with Gasteiger partial charge in [0.2, 0.25) is 0 Å². The van der Waals surface area contributed by atoms with Crippen LogP contribution < -0.4 is 21.2 Å². The van der Waals surface area contributed by atoms with Crippen molar-refractivity contribution in [3.8, 4) is 0 Å². The summed E-state index contributed by atoms with van der Waals surface area (Å²) in [7, 11) is -4.45. The summed E-state index contributed by atoms with van der Waals surface area (Å²) in [5.74, 6) is 0. The first-order chi connectivity index (χ1) is 37.9. The van der Waals surface area contributed by atoms with Gasteiger partial charge in [-0.15, -0.1) is 0 Å². The van der Waals surface area contributed by atoms with E-state index in [0.29, 0.717) is 4.90 Å². The van der Waals surface area contributed by atoms with Crippen LogP contribution in [0.2, 0.25) is 0 Å². The second-order valence-corrected chi connectivity index (χ2v) is 29.1. The van der Waals surface area contributed by atoms with Crippen molar-refractivity contribution in [2.45, 2.75) is 276 Å². The van der Waals surface area contributed by atoms with Gasteiger partial charge in [0.15, 0.2) is 0 Å². The van der Waals surface area contributed by atoms with Crippen LogP contribution in [-0.4, -0.2) is 8.42 Å². The predicted molar refractivity (Wildman–Crippen MR) is 340 cm³/mol. The Morgan fingerprint density at radius 2 is 0.532 bits per heavy atom. The molecule has 0 saturated carbocycles. The summed E-state index contributed by atoms with van der Waals surface area (Å²) in [6, 6.07) is 45.4. The second kappa shape index (κ2) is 38.2. The van der Waals surface area contributed by atoms with Crippen LogP contribution in [0.4, 0.5) is 0 Å². The number of hydrogen-bond acceptors (Lipinski definition) is 3. The van der Waals surface area contributed by atoms with Gasteiger partial charge in [0.1, 0.15) is 0 Å². The van der Waals surface area contributed by atoms with E-state index in [0.717, 1.165) is 71.7 Å². The quantitative estimate of drug-likeness (QED) is 0.0288. The van der Waals surface area contributed by atoms with E-state index in [1.807, 2.05) is 78.9 Å². The molecule has 0 aliphatic heterocycles. The zero-order valence-electron chi connectivity index (χ0n) is 49.4. The summed E-state index contributed by atoms with van der Waals surface area (Å²) < 4.78 is 40.5. The monoisotopic (exact) mass is 1080 g/mol. The average Bonchev–Trinajstić information content (AvgIpc) is 3.56. The minimum absolute atomic E-state index is 0.376. The van der Waals surface area contributed by atoms with Gasteiger partial charge in [-0.2, -0.15) is 0 Å². The Morgan fingerprint density at radius 3 is 0.818 bits per heavy atom. The molecule has 77 heavy (non-hydrogen) atoms. The van der Waals surface area contributed by atoms with Crippen LogP contribution >= 0.6 is 6.83 Å². The van der Waals surface area contributed by atoms with Gasteiger partial charge < -0.3 is 0 Å². The molecule has 0 N–H and O–H groups in total. The minimum Gasteiger partial charge on any atom is -0.0654 e. The van der Waals surface area contributed by atoms with E-state index in [1.165, 1.54) is 217 Å². The van der Waals surface area contributed by atoms with Gasteiger partial charge in [0.25, 0.3) is 0 Å². The molecule has 0 unspecified atom stereocenters. The first-order valence-corrected chi connectivity index (χ1v) is 35.8. The minimum atomic E-state index is -4.54. The van der Waals surface area contributed by atoms with Crippen LogP contribution in [0.25, 0.3) is 0 Å². The Hall–Kier alpha value is -3.56. The van der Waals surface area contributed by atoms with E-state index < -0.39 is 16.9 Å². The summed E-state index contributed by atoms with van der Waals surface area (Å²) in [4.78, 5) is 0.376. The molecule has 0 spiro atoms. The fourth-order valence-electron chi connectivity index (χ4n) is 12.4. The van der Waals surface area contributed by atoms with Crippen LogP contribution in [0.3, 0.4) is 0 Å². The Labute approximate surface area is 474 Å². The fraction of sp³-hybridized carbons (Fsp3) is 0.583. The van der Waals surface area contributed by atoms with Crippen LogP contribution in [0.1, 0.15) is 269 Å². The third-order valence-corrected chi connectivity index (χ3v) is 24.9. The van der Waals surface area contributed by atoms with Crippen LogP contribution in [0, 0.1) is 0 Å². The van der Waals surface area contributed by atoms with Gasteiger partial charge in [-0.05, 0) is 0 Å². The second-order valence-electron chi connectivity index (χ2n) is 23.0. The van der Waals surface area contributed by atoms with Crippen molar-refractivity contribution < 1.29 is 12.4 Å². The Morgan fingerprint density at radius 1 is 0.286 bits per heavy atom. The first-order valence-electron chi connectivity index (χ1n) is 32.3. The van der Waals surface area contributed by atoms with Gasteiger partial charge >= 0.3 is 340 Å². The van der Waals surface area contributed by atoms with E-state index in [4.69, 9.17) is 3.97 Å². The van der Waals surface area contributed by atoms with Crippen molar-refractivity contribution in [3.05, 3.63) is 150 Å². The molecule has 0 aliphatic carbocycles. The third kappa shape index (κ3) is 20.5. The molecule has 0 fully saturated rings. The molecule has 0 aromatic heterocycles. The van der Waals surface area contributed by atoms with Crippen molar-refractivity contribution >= 4 is 38.2 Å². The summed E-state index contributed by atoms with van der Waals surface area (Å²) in [5.41, 5.74) is 3.69. The molecule has 0 heterocycles. The van der Waals surface area contributed by atoms with E-state index in [-0.39, 0.29) is 0 Å². The summed E-state index contributed by atoms with van der Waals surface area (Å²) in [5, 5.41) is 3.48. The number of aryl methyl sites for hydroxylation is 1. The molecule has 0 atom stereocenters. The number of rotatable bonds is 46. The molecule has 426 valence electrons. The molecule has 5 aromatic rings. The molecule has 0 radical (unpaired) electrons. The zero-order chi connectivity index (χ0) is 54.4. The zero-order valence-corrected chi connectivity index (χ0v) is 51.1. The maximum absolute atomic E-state index is 16.4. The maximum atomic E-state index is 16.4. The normalized spacial score (nSPS) is 12.5. The average molecular weight is 1090 g/mol. The van der Waals surface area contributed by atoms with E-state index in [9.17, 15) is 0 Å². The molecule has 0 aliphatic rings. The predicted octanol–water partition coefficient (Wildman–Crippen LogP) is 20.9. The molecule has 3 nitrogen and oxygen atoms in total. The molecular formula is C72H109O3PS. The topological polar surface area (TPSA) is 43.4 Å². The van der Waals surface area contributed by atoms with Crippen LogP contribution in [0.15, 0.2) is 138 Å². The summed E-state index contributed by atoms with van der Waals surface area (Å²) in [6.07, 6.45) is 49.5. The molecule has 5 rings (SSSR count). The Balaban J connectivity index is 1.50. The van der Waals surface area contributed by atoms with Crippen LogP contribution in [0.5, 0.6) is 0 Å². The van der Waals surface area contributed by atoms with Crippen molar-refractivity contribution in [1.82, 2.24) is 0 Å². The fourth-order valence-corrected chi connectivity index (χ4v) is 21.2. The molecule has 0 bridgehead atoms. The smallest absolute Gasteiger partial charge is 0.0654 e. The summed E-state index contributed by atoms with van der Waals surface area (Å²) >= 11 is 0. The van der Waals surface area contributed by atoms with Crippen molar-refractivity contribution in [1.29, 1.82) is 0 Å². The number of hydrogen-bond donors (Lipinski definition) is 0. The van der Waals surface area contributed by atoms with Gasteiger partial charge in [-0.1, -0.05) is 136 Å². The van der Waals surface area contributed by atoms with Crippen LogP contribution in [-0.2, 0) is 33.4 Å². The number of unbranched alkanes of at least 4 members (excludes halogenated alkanes) is 33. The molecule has 0 saturated heterocycles. The standard InChI is InChI=1S/C72H109O3PS/c1-4-7-10-13-16-19-22-25-28-31-34-41-52-65-63-64-72(71(62-51-36-33-30-27-24-21-18-15-12-9-6-3)70(65)61-50-35-32-29-26-23-20-17-14-11-8-5-2)77(73,74)75-76(66-53-42-37-43-54-66,67-55-44-38-45-56-67,68-57-46-39-47-58-68)69-59-48-40-49-60-69/h37-40,42-49,53-60,63-64H,4-36,41,50-52,61-62H2,1-3H3. The van der Waals surface area contributed by atoms with Gasteiger partial charge in [0.05, 0.1) is 0 Å². The van der Waals surface area contributed by atoms with Crippen molar-refractivity contribution in [2.75, 3.05) is 0 Å². The van der Waals surface area contributed by atoms with Gasteiger partial charge in [-0.25, -0.2) is 0 Å². The third-order valence-electron chi connectivity index (χ3n) is 16.9.